The number of hydrogen-bond acceptors (Lipinski definition) is 4. The quantitative estimate of drug-likeness (QED) is 0.823. The lowest BCUT2D eigenvalue weighted by molar-refractivity contribution is -0.143. The van der Waals surface area contributed by atoms with Gasteiger partial charge in [-0.2, -0.15) is 5.10 Å². The van der Waals surface area contributed by atoms with Crippen LogP contribution in [0.4, 0.5) is 5.69 Å². The minimum Gasteiger partial charge on any atom is -0.373 e. The van der Waals surface area contributed by atoms with Gasteiger partial charge in [0, 0.05) is 44.8 Å². The van der Waals surface area contributed by atoms with E-state index in [0.29, 0.717) is 6.54 Å². The van der Waals surface area contributed by atoms with Crippen LogP contribution < -0.4 is 10.2 Å². The minimum absolute atomic E-state index is 0. The van der Waals surface area contributed by atoms with Gasteiger partial charge in [-0.05, 0) is 43.6 Å². The van der Waals surface area contributed by atoms with Crippen molar-refractivity contribution in [1.82, 2.24) is 20.0 Å². The van der Waals surface area contributed by atoms with Crippen LogP contribution in [0.1, 0.15) is 18.4 Å². The molecule has 2 aromatic rings. The van der Waals surface area contributed by atoms with E-state index in [1.54, 1.807) is 6.20 Å². The molecule has 0 spiro atoms. The van der Waals surface area contributed by atoms with Gasteiger partial charge in [0.15, 0.2) is 0 Å². The third kappa shape index (κ3) is 3.93. The number of anilines is 1. The topological polar surface area (TPSA) is 53.4 Å². The Morgan fingerprint density at radius 1 is 1.11 bits per heavy atom. The lowest BCUT2D eigenvalue weighted by Crippen LogP contribution is -2.56. The summed E-state index contributed by atoms with van der Waals surface area (Å²) in [4.78, 5) is 17.9. The first-order chi connectivity index (χ1) is 12.2. The maximum absolute atomic E-state index is 13.7. The number of carbonyl (C=O) groups is 1. The maximum atomic E-state index is 13.7. The third-order valence-corrected chi connectivity index (χ3v) is 5.53. The second-order valence-corrected chi connectivity index (χ2v) is 7.01. The molecule has 27 heavy (non-hydrogen) atoms. The normalized spacial score (nSPS) is 18.6. The molecule has 4 rings (SSSR count). The second-order valence-electron chi connectivity index (χ2n) is 7.01. The number of halogens is 2. The second kappa shape index (κ2) is 8.95. The number of nitrogens with zero attached hydrogens (tertiary/aromatic N) is 4. The Labute approximate surface area is 172 Å². The van der Waals surface area contributed by atoms with Gasteiger partial charge in [-0.3, -0.25) is 9.48 Å². The highest BCUT2D eigenvalue weighted by Gasteiger charge is 2.44. The smallest absolute Gasteiger partial charge is 0.251 e. The van der Waals surface area contributed by atoms with Crippen LogP contribution in [0.15, 0.2) is 42.7 Å². The Morgan fingerprint density at radius 3 is 2.56 bits per heavy atom. The Balaban J connectivity index is 0.00000131. The van der Waals surface area contributed by atoms with Crippen molar-refractivity contribution in [3.05, 3.63) is 48.3 Å². The fourth-order valence-electron chi connectivity index (χ4n) is 4.06. The number of amides is 1. The first-order valence-electron chi connectivity index (χ1n) is 9.00. The van der Waals surface area contributed by atoms with E-state index in [0.717, 1.165) is 39.0 Å². The van der Waals surface area contributed by atoms with Gasteiger partial charge in [0.2, 0.25) is 0 Å². The van der Waals surface area contributed by atoms with Crippen LogP contribution in [-0.2, 0) is 16.9 Å². The van der Waals surface area contributed by atoms with Crippen LogP contribution in [-0.4, -0.2) is 53.8 Å². The molecule has 1 fully saturated rings. The Hall–Kier alpha value is -1.76. The lowest BCUT2D eigenvalue weighted by Gasteiger charge is -2.40. The summed E-state index contributed by atoms with van der Waals surface area (Å²) in [7, 11) is 2.10. The molecule has 1 N–H and O–H groups in total. The molecule has 1 saturated heterocycles. The largest absolute Gasteiger partial charge is 0.373 e. The summed E-state index contributed by atoms with van der Waals surface area (Å²) in [5.74, 6) is 0.197. The van der Waals surface area contributed by atoms with Crippen LogP contribution in [0.25, 0.3) is 0 Å². The molecular weight excluding hydrogens is 385 g/mol. The summed E-state index contributed by atoms with van der Waals surface area (Å²) in [6.45, 7) is 3.93. The van der Waals surface area contributed by atoms with E-state index in [-0.39, 0.29) is 30.7 Å². The van der Waals surface area contributed by atoms with Crippen molar-refractivity contribution in [3.8, 4) is 0 Å². The number of para-hydroxylation sites is 1. The highest BCUT2D eigenvalue weighted by atomic mass is 35.5. The van der Waals surface area contributed by atoms with E-state index < -0.39 is 5.54 Å². The Kier molecular flexibility index (Phi) is 7.14. The summed E-state index contributed by atoms with van der Waals surface area (Å²) in [5.41, 5.74) is 1.86. The first-order valence-corrected chi connectivity index (χ1v) is 9.00. The molecule has 0 saturated carbocycles. The van der Waals surface area contributed by atoms with Crippen molar-refractivity contribution in [2.24, 2.45) is 0 Å². The van der Waals surface area contributed by atoms with Crippen molar-refractivity contribution in [2.45, 2.75) is 24.9 Å². The third-order valence-electron chi connectivity index (χ3n) is 5.53. The zero-order chi connectivity index (χ0) is 17.3. The van der Waals surface area contributed by atoms with Gasteiger partial charge in [-0.15, -0.1) is 24.8 Å². The number of carbonyl (C=O) groups excluding carboxylic acids is 1. The molecule has 2 aliphatic rings. The molecule has 1 amide bonds. The van der Waals surface area contributed by atoms with E-state index in [4.69, 9.17) is 0 Å². The van der Waals surface area contributed by atoms with E-state index in [1.807, 2.05) is 21.8 Å². The summed E-state index contributed by atoms with van der Waals surface area (Å²) >= 11 is 0. The predicted octanol–water partition coefficient (Wildman–Crippen LogP) is 2.28. The van der Waals surface area contributed by atoms with Crippen molar-refractivity contribution in [2.75, 3.05) is 38.1 Å². The molecule has 148 valence electrons. The van der Waals surface area contributed by atoms with E-state index in [1.165, 1.54) is 11.3 Å². The lowest BCUT2D eigenvalue weighted by atomic mass is 9.86. The number of piperidine rings is 1. The molecule has 0 radical (unpaired) electrons. The molecule has 3 heterocycles. The highest BCUT2D eigenvalue weighted by molar-refractivity contribution is 5.86. The van der Waals surface area contributed by atoms with Crippen LogP contribution >= 0.6 is 24.8 Å². The van der Waals surface area contributed by atoms with Gasteiger partial charge >= 0.3 is 0 Å². The van der Waals surface area contributed by atoms with Crippen LogP contribution in [0, 0.1) is 0 Å². The standard InChI is InChI=1S/C19H25N5O.2ClH/c1-22-13-14-23(15-16-5-2-3-6-17(16)22)18(25)19(7-10-20-11-8-19)24-12-4-9-21-24;;/h2-6,9,12,20H,7-8,10-11,13-15H2,1H3;2*1H. The number of aromatic nitrogens is 2. The molecule has 1 aromatic heterocycles. The molecular formula is C19H27Cl2N5O. The summed E-state index contributed by atoms with van der Waals surface area (Å²) < 4.78 is 1.89. The van der Waals surface area contributed by atoms with Gasteiger partial charge in [-0.1, -0.05) is 18.2 Å². The van der Waals surface area contributed by atoms with Crippen LogP contribution in [0.5, 0.6) is 0 Å². The Bertz CT molecular complexity index is 746. The first kappa shape index (κ1) is 21.5. The van der Waals surface area contributed by atoms with Crippen molar-refractivity contribution in [1.29, 1.82) is 0 Å². The average Bonchev–Trinajstić information content (AvgIpc) is 3.15. The number of nitrogens with one attached hydrogen (secondary N) is 1. The monoisotopic (exact) mass is 411 g/mol. The van der Waals surface area contributed by atoms with E-state index in [2.05, 4.69) is 46.6 Å². The van der Waals surface area contributed by atoms with Gasteiger partial charge < -0.3 is 15.1 Å². The SMILES string of the molecule is CN1CCN(C(=O)C2(n3cccn3)CCNCC2)Cc2ccccc21.Cl.Cl. The highest BCUT2D eigenvalue weighted by Crippen LogP contribution is 2.32. The van der Waals surface area contributed by atoms with Crippen LogP contribution in [0.2, 0.25) is 0 Å². The van der Waals surface area contributed by atoms with Crippen molar-refractivity contribution in [3.63, 3.8) is 0 Å². The zero-order valence-electron chi connectivity index (χ0n) is 15.5. The molecule has 0 unspecified atom stereocenters. The van der Waals surface area contributed by atoms with Crippen molar-refractivity contribution >= 4 is 36.4 Å². The molecule has 0 bridgehead atoms. The number of hydrogen-bond donors (Lipinski definition) is 1. The molecule has 0 atom stereocenters. The average molecular weight is 412 g/mol. The van der Waals surface area contributed by atoms with E-state index in [9.17, 15) is 4.79 Å². The Morgan fingerprint density at radius 2 is 1.85 bits per heavy atom. The molecule has 0 aliphatic carbocycles. The fourth-order valence-corrected chi connectivity index (χ4v) is 4.06. The summed E-state index contributed by atoms with van der Waals surface area (Å²) in [6, 6.07) is 10.3. The summed E-state index contributed by atoms with van der Waals surface area (Å²) in [6.07, 6.45) is 5.26. The molecule has 6 nitrogen and oxygen atoms in total. The summed E-state index contributed by atoms with van der Waals surface area (Å²) in [5, 5.41) is 7.82. The molecule has 1 aromatic carbocycles. The number of likely N-dealkylation sites (N-methyl/N-ethyl adjacent to an activating group) is 1. The minimum atomic E-state index is -0.563. The molecule has 8 heteroatoms. The van der Waals surface area contributed by atoms with Crippen LogP contribution in [0.3, 0.4) is 0 Å². The van der Waals surface area contributed by atoms with E-state index >= 15 is 0 Å². The fraction of sp³-hybridized carbons (Fsp3) is 0.474. The number of fused-ring (bicyclic) bond motifs is 1. The van der Waals surface area contributed by atoms with Gasteiger partial charge in [0.05, 0.1) is 0 Å². The van der Waals surface area contributed by atoms with Gasteiger partial charge in [0.25, 0.3) is 5.91 Å². The molecule has 2 aliphatic heterocycles. The predicted molar refractivity (Wildman–Crippen MR) is 112 cm³/mol. The van der Waals surface area contributed by atoms with Crippen molar-refractivity contribution < 1.29 is 4.79 Å². The van der Waals surface area contributed by atoms with Gasteiger partial charge in [-0.25, -0.2) is 0 Å². The number of rotatable bonds is 2. The maximum Gasteiger partial charge on any atom is 0.251 e. The number of benzene rings is 1. The zero-order valence-corrected chi connectivity index (χ0v) is 17.1. The van der Waals surface area contributed by atoms with Gasteiger partial charge in [0.1, 0.15) is 5.54 Å².